The summed E-state index contributed by atoms with van der Waals surface area (Å²) in [6, 6.07) is 8.13. The maximum Gasteiger partial charge on any atom is 0.325 e. The Morgan fingerprint density at radius 3 is 2.60 bits per heavy atom. The number of nitrogens with one attached hydrogen (secondary N) is 3. The van der Waals surface area contributed by atoms with Gasteiger partial charge in [-0.3, -0.25) is 14.6 Å². The first-order chi connectivity index (χ1) is 14.2. The molecule has 0 unspecified atom stereocenters. The lowest BCUT2D eigenvalue weighted by Crippen LogP contribution is -2.36. The van der Waals surface area contributed by atoms with Crippen LogP contribution in [0.25, 0.3) is 5.69 Å². The fraction of sp³-hybridized carbons (Fsp3) is 0.364. The predicted octanol–water partition coefficient (Wildman–Crippen LogP) is 2.35. The summed E-state index contributed by atoms with van der Waals surface area (Å²) in [5.41, 5.74) is 2.86. The molecule has 0 fully saturated rings. The Morgan fingerprint density at radius 1 is 1.20 bits per heavy atom. The fourth-order valence-electron chi connectivity index (χ4n) is 3.85. The maximum absolute atomic E-state index is 12.6. The van der Waals surface area contributed by atoms with Gasteiger partial charge >= 0.3 is 5.69 Å². The van der Waals surface area contributed by atoms with Crippen LogP contribution >= 0.6 is 0 Å². The molecule has 8 heteroatoms. The summed E-state index contributed by atoms with van der Waals surface area (Å²) in [7, 11) is 0. The molecule has 3 aromatic rings. The molecule has 2 heterocycles. The van der Waals surface area contributed by atoms with Crippen LogP contribution in [0.3, 0.4) is 0 Å². The van der Waals surface area contributed by atoms with Crippen molar-refractivity contribution >= 4 is 5.91 Å². The van der Waals surface area contributed by atoms with Gasteiger partial charge in [-0.15, -0.1) is 0 Å². The van der Waals surface area contributed by atoms with Gasteiger partial charge in [-0.25, -0.2) is 9.48 Å². The highest BCUT2D eigenvalue weighted by Crippen LogP contribution is 2.32. The zero-order valence-electron chi connectivity index (χ0n) is 17.3. The summed E-state index contributed by atoms with van der Waals surface area (Å²) < 4.78 is 1.92. The van der Waals surface area contributed by atoms with E-state index in [1.54, 1.807) is 6.20 Å². The average molecular weight is 407 g/mol. The van der Waals surface area contributed by atoms with Gasteiger partial charge in [-0.2, -0.15) is 5.10 Å². The van der Waals surface area contributed by atoms with Crippen molar-refractivity contribution in [3.05, 3.63) is 79.9 Å². The third-order valence-electron chi connectivity index (χ3n) is 5.53. The highest BCUT2D eigenvalue weighted by Gasteiger charge is 2.27. The largest absolute Gasteiger partial charge is 0.345 e. The molecule has 0 saturated heterocycles. The van der Waals surface area contributed by atoms with Gasteiger partial charge in [-0.1, -0.05) is 32.9 Å². The van der Waals surface area contributed by atoms with Crippen molar-refractivity contribution in [2.75, 3.05) is 0 Å². The van der Waals surface area contributed by atoms with E-state index in [1.807, 2.05) is 4.68 Å². The molecule has 1 aromatic carbocycles. The molecule has 0 radical (unpaired) electrons. The molecule has 156 valence electrons. The van der Waals surface area contributed by atoms with E-state index in [1.165, 1.54) is 5.56 Å². The van der Waals surface area contributed by atoms with E-state index in [2.05, 4.69) is 65.4 Å². The van der Waals surface area contributed by atoms with Gasteiger partial charge in [-0.05, 0) is 42.4 Å². The summed E-state index contributed by atoms with van der Waals surface area (Å²) in [4.78, 5) is 40.1. The first-order valence-electron chi connectivity index (χ1n) is 10.0. The van der Waals surface area contributed by atoms with Gasteiger partial charge < -0.3 is 10.3 Å². The molecular weight excluding hydrogens is 382 g/mol. The van der Waals surface area contributed by atoms with Crippen LogP contribution in [0.4, 0.5) is 0 Å². The van der Waals surface area contributed by atoms with E-state index in [-0.39, 0.29) is 17.0 Å². The molecule has 1 aliphatic rings. The Balaban J connectivity index is 1.60. The van der Waals surface area contributed by atoms with Crippen molar-refractivity contribution in [2.45, 2.75) is 51.5 Å². The molecule has 8 nitrogen and oxygen atoms in total. The maximum atomic E-state index is 12.6. The number of nitrogens with zero attached hydrogens (tertiary/aromatic N) is 2. The third kappa shape index (κ3) is 3.72. The van der Waals surface area contributed by atoms with Crippen LogP contribution in [0.2, 0.25) is 0 Å². The topological polar surface area (TPSA) is 113 Å². The van der Waals surface area contributed by atoms with Crippen LogP contribution in [-0.4, -0.2) is 25.7 Å². The molecular formula is C22H25N5O3. The van der Waals surface area contributed by atoms with Crippen LogP contribution in [0.5, 0.6) is 0 Å². The number of carbonyl (C=O) groups excluding carboxylic acids is 1. The Hall–Kier alpha value is -3.42. The monoisotopic (exact) mass is 407 g/mol. The Bertz CT molecular complexity index is 1190. The van der Waals surface area contributed by atoms with Crippen LogP contribution in [0.15, 0.2) is 46.2 Å². The second-order valence-corrected chi connectivity index (χ2v) is 8.66. The molecule has 4 rings (SSSR count). The number of carbonyl (C=O) groups is 1. The second kappa shape index (κ2) is 7.44. The van der Waals surface area contributed by atoms with Crippen molar-refractivity contribution < 1.29 is 4.79 Å². The van der Waals surface area contributed by atoms with Crippen LogP contribution < -0.4 is 16.6 Å². The number of hydrogen-bond donors (Lipinski definition) is 3. The first kappa shape index (κ1) is 19.9. The van der Waals surface area contributed by atoms with Gasteiger partial charge in [0.25, 0.3) is 11.5 Å². The van der Waals surface area contributed by atoms with Crippen molar-refractivity contribution in [2.24, 2.45) is 0 Å². The first-order valence-corrected chi connectivity index (χ1v) is 10.0. The van der Waals surface area contributed by atoms with E-state index in [0.717, 1.165) is 42.4 Å². The number of H-pyrrole nitrogens is 2. The standard InChI is InChI=1S/C22H25N5O3/c1-22(2,3)13-7-9-14(10-8-13)27-18-6-4-5-17(15(18)12-24-27)25-19(28)16-11-23-21(30)26-20(16)29/h7-12,17H,4-6H2,1-3H3,(H,25,28)(H2,23,26,29,30)/t17-/m0/s1. The summed E-state index contributed by atoms with van der Waals surface area (Å²) in [5.74, 6) is -0.521. The molecule has 3 N–H and O–H groups in total. The number of aromatic amines is 2. The minimum atomic E-state index is -0.707. The van der Waals surface area contributed by atoms with Crippen molar-refractivity contribution in [1.82, 2.24) is 25.1 Å². The van der Waals surface area contributed by atoms with E-state index in [0.29, 0.717) is 0 Å². The Kier molecular flexibility index (Phi) is 4.93. The number of fused-ring (bicyclic) bond motifs is 1. The van der Waals surface area contributed by atoms with E-state index in [4.69, 9.17) is 0 Å². The molecule has 0 saturated carbocycles. The third-order valence-corrected chi connectivity index (χ3v) is 5.53. The molecule has 1 aliphatic carbocycles. The SMILES string of the molecule is CC(C)(C)c1ccc(-n2ncc3c2CCC[C@@H]3NC(=O)c2c[nH]c(=O)[nH]c2=O)cc1. The molecule has 1 amide bonds. The lowest BCUT2D eigenvalue weighted by atomic mass is 9.87. The quantitative estimate of drug-likeness (QED) is 0.618. The number of rotatable bonds is 3. The molecule has 2 aromatic heterocycles. The highest BCUT2D eigenvalue weighted by atomic mass is 16.2. The smallest absolute Gasteiger partial charge is 0.325 e. The van der Waals surface area contributed by atoms with E-state index < -0.39 is 17.2 Å². The lowest BCUT2D eigenvalue weighted by molar-refractivity contribution is 0.0930. The van der Waals surface area contributed by atoms with Crippen molar-refractivity contribution in [1.29, 1.82) is 0 Å². The summed E-state index contributed by atoms with van der Waals surface area (Å²) >= 11 is 0. The van der Waals surface area contributed by atoms with Gasteiger partial charge in [0.1, 0.15) is 5.56 Å². The number of hydrogen-bond acceptors (Lipinski definition) is 4. The minimum Gasteiger partial charge on any atom is -0.345 e. The number of aromatic nitrogens is 4. The Labute approximate surface area is 173 Å². The minimum absolute atomic E-state index is 0.0804. The van der Waals surface area contributed by atoms with Crippen LogP contribution in [-0.2, 0) is 11.8 Å². The zero-order chi connectivity index (χ0) is 21.5. The van der Waals surface area contributed by atoms with Gasteiger partial charge in [0, 0.05) is 17.5 Å². The summed E-state index contributed by atoms with van der Waals surface area (Å²) in [5, 5.41) is 7.48. The van der Waals surface area contributed by atoms with Crippen molar-refractivity contribution in [3.8, 4) is 5.69 Å². The zero-order valence-corrected chi connectivity index (χ0v) is 17.3. The Morgan fingerprint density at radius 2 is 1.93 bits per heavy atom. The van der Waals surface area contributed by atoms with Gasteiger partial charge in [0.15, 0.2) is 0 Å². The number of amides is 1. The van der Waals surface area contributed by atoms with Crippen LogP contribution in [0.1, 0.15) is 66.8 Å². The normalized spacial score (nSPS) is 16.2. The summed E-state index contributed by atoms with van der Waals surface area (Å²) in [6.07, 6.45) is 5.44. The predicted molar refractivity (Wildman–Crippen MR) is 113 cm³/mol. The average Bonchev–Trinajstić information content (AvgIpc) is 3.12. The van der Waals surface area contributed by atoms with E-state index >= 15 is 0 Å². The molecule has 30 heavy (non-hydrogen) atoms. The molecule has 0 bridgehead atoms. The molecule has 0 aliphatic heterocycles. The van der Waals surface area contributed by atoms with Crippen LogP contribution in [0, 0.1) is 0 Å². The van der Waals surface area contributed by atoms with Gasteiger partial charge in [0.2, 0.25) is 0 Å². The molecule has 0 spiro atoms. The van der Waals surface area contributed by atoms with Gasteiger partial charge in [0.05, 0.1) is 17.9 Å². The fourth-order valence-corrected chi connectivity index (χ4v) is 3.85. The van der Waals surface area contributed by atoms with E-state index in [9.17, 15) is 14.4 Å². The van der Waals surface area contributed by atoms with Crippen molar-refractivity contribution in [3.63, 3.8) is 0 Å². The number of benzene rings is 1. The highest BCUT2D eigenvalue weighted by molar-refractivity contribution is 5.93. The summed E-state index contributed by atoms with van der Waals surface area (Å²) in [6.45, 7) is 6.54. The lowest BCUT2D eigenvalue weighted by Gasteiger charge is -2.24. The second-order valence-electron chi connectivity index (χ2n) is 8.66. The molecule has 1 atom stereocenters.